The molecule has 1 atom stereocenters. The van der Waals surface area contributed by atoms with E-state index in [1.807, 2.05) is 0 Å². The van der Waals surface area contributed by atoms with E-state index in [1.165, 1.54) is 0 Å². The Morgan fingerprint density at radius 3 is 2.66 bits per heavy atom. The molecule has 0 bridgehead atoms. The number of hydrogen-bond donors (Lipinski definition) is 2. The van der Waals surface area contributed by atoms with Crippen LogP contribution in [-0.4, -0.2) is 36.0 Å². The first-order valence-corrected chi connectivity index (χ1v) is 9.19. The Labute approximate surface area is 165 Å². The molecule has 2 aromatic rings. The third-order valence-corrected chi connectivity index (χ3v) is 4.96. The minimum atomic E-state index is -1.61. The van der Waals surface area contributed by atoms with E-state index in [0.717, 1.165) is 0 Å². The van der Waals surface area contributed by atoms with Crippen LogP contribution in [0.4, 0.5) is 6.01 Å². The Kier molecular flexibility index (Phi) is 4.37. The van der Waals surface area contributed by atoms with Crippen molar-refractivity contribution in [3.05, 3.63) is 46.8 Å². The predicted octanol–water partition coefficient (Wildman–Crippen LogP) is 1.42. The highest BCUT2D eigenvalue weighted by atomic mass is 16.5. The molecule has 0 saturated heterocycles. The van der Waals surface area contributed by atoms with Gasteiger partial charge in [0.1, 0.15) is 5.69 Å². The van der Waals surface area contributed by atoms with Crippen LogP contribution < -0.4 is 11.1 Å². The van der Waals surface area contributed by atoms with Gasteiger partial charge in [-0.15, -0.1) is 0 Å². The molecule has 1 aliphatic heterocycles. The van der Waals surface area contributed by atoms with Crippen LogP contribution in [0.5, 0.6) is 0 Å². The first-order valence-electron chi connectivity index (χ1n) is 9.19. The summed E-state index contributed by atoms with van der Waals surface area (Å²) in [6, 6.07) is 6.87. The molecule has 0 unspecified atom stereocenters. The van der Waals surface area contributed by atoms with Crippen molar-refractivity contribution in [3.63, 3.8) is 0 Å². The van der Waals surface area contributed by atoms with E-state index in [0.29, 0.717) is 16.9 Å². The number of fused-ring (bicyclic) bond motifs is 5. The van der Waals surface area contributed by atoms with Crippen molar-refractivity contribution >= 4 is 23.9 Å². The van der Waals surface area contributed by atoms with E-state index < -0.39 is 23.3 Å². The zero-order valence-electron chi connectivity index (χ0n) is 15.9. The van der Waals surface area contributed by atoms with Crippen LogP contribution in [0.2, 0.25) is 0 Å². The van der Waals surface area contributed by atoms with E-state index in [9.17, 15) is 14.4 Å². The number of carbonyl (C=O) groups is 3. The number of nitrogens with zero attached hydrogens (tertiary/aromatic N) is 1. The van der Waals surface area contributed by atoms with Crippen LogP contribution in [0.25, 0.3) is 11.3 Å². The van der Waals surface area contributed by atoms with E-state index >= 15 is 0 Å². The molecule has 9 heteroatoms. The van der Waals surface area contributed by atoms with Gasteiger partial charge in [-0.1, -0.05) is 24.3 Å². The van der Waals surface area contributed by atoms with Crippen molar-refractivity contribution in [2.75, 3.05) is 18.9 Å². The highest BCUT2D eigenvalue weighted by Crippen LogP contribution is 2.56. The van der Waals surface area contributed by atoms with Gasteiger partial charge in [-0.3, -0.25) is 9.59 Å². The summed E-state index contributed by atoms with van der Waals surface area (Å²) in [5, 5.41) is 2.67. The number of nitrogens with one attached hydrogen (secondary N) is 1. The lowest BCUT2D eigenvalue weighted by Gasteiger charge is -2.24. The number of esters is 2. The summed E-state index contributed by atoms with van der Waals surface area (Å²) in [5.41, 5.74) is 5.59. The van der Waals surface area contributed by atoms with E-state index in [2.05, 4.69) is 10.3 Å². The molecule has 2 aliphatic rings. The van der Waals surface area contributed by atoms with Crippen molar-refractivity contribution in [3.8, 4) is 11.3 Å². The van der Waals surface area contributed by atoms with E-state index in [4.69, 9.17) is 19.6 Å². The van der Waals surface area contributed by atoms with Crippen LogP contribution in [0.3, 0.4) is 0 Å². The lowest BCUT2D eigenvalue weighted by atomic mass is 9.74. The number of rotatable bonds is 5. The number of ether oxygens (including phenoxy) is 2. The van der Waals surface area contributed by atoms with Gasteiger partial charge in [0.05, 0.1) is 25.2 Å². The fourth-order valence-corrected chi connectivity index (χ4v) is 3.99. The fraction of sp³-hybridized carbons (Fsp3) is 0.300. The van der Waals surface area contributed by atoms with Gasteiger partial charge in [0.15, 0.2) is 11.2 Å². The average Bonchev–Trinajstić information content (AvgIpc) is 3.27. The van der Waals surface area contributed by atoms with Gasteiger partial charge in [-0.2, -0.15) is 4.98 Å². The SMILES string of the molecule is CCOC(=O)CC1=C(C(=O)OCC)[C@@]2(C(=O)N1)c1ccccc1-c1oc(N)nc12. The maximum absolute atomic E-state index is 13.4. The standard InChI is InChI=1S/C20H19N3O6/c1-3-27-13(24)9-12-14(17(25)28-4-2)20(18(26)22-12)11-8-6-5-7-10(11)15-16(20)23-19(21)29-15/h5-8H,3-4,9H2,1-2H3,(H2,21,23)(H,22,26)/t20-/m0/s1. The van der Waals surface area contributed by atoms with Crippen molar-refractivity contribution < 1.29 is 28.3 Å². The number of nitrogens with two attached hydrogens (primary N) is 1. The summed E-state index contributed by atoms with van der Waals surface area (Å²) in [6.45, 7) is 3.59. The zero-order valence-corrected chi connectivity index (χ0v) is 15.9. The molecule has 1 aromatic carbocycles. The van der Waals surface area contributed by atoms with Gasteiger partial charge in [0, 0.05) is 11.3 Å². The van der Waals surface area contributed by atoms with Crippen molar-refractivity contribution in [2.24, 2.45) is 0 Å². The molecule has 1 spiro atoms. The Morgan fingerprint density at radius 1 is 1.21 bits per heavy atom. The van der Waals surface area contributed by atoms with Crippen LogP contribution in [0.1, 0.15) is 31.5 Å². The number of benzene rings is 1. The molecule has 29 heavy (non-hydrogen) atoms. The lowest BCUT2D eigenvalue weighted by molar-refractivity contribution is -0.142. The maximum Gasteiger partial charge on any atom is 0.337 e. The number of amides is 1. The Hall–Kier alpha value is -3.62. The number of oxazole rings is 1. The molecule has 0 fully saturated rings. The van der Waals surface area contributed by atoms with Crippen LogP contribution >= 0.6 is 0 Å². The van der Waals surface area contributed by atoms with Gasteiger partial charge in [-0.25, -0.2) is 4.79 Å². The topological polar surface area (TPSA) is 134 Å². The van der Waals surface area contributed by atoms with Gasteiger partial charge in [-0.05, 0) is 19.4 Å². The van der Waals surface area contributed by atoms with Crippen LogP contribution in [0.15, 0.2) is 40.0 Å². The smallest absolute Gasteiger partial charge is 0.337 e. The molecule has 1 amide bonds. The predicted molar refractivity (Wildman–Crippen MR) is 100 cm³/mol. The second kappa shape index (κ2) is 6.77. The van der Waals surface area contributed by atoms with E-state index in [1.54, 1.807) is 38.1 Å². The molecular weight excluding hydrogens is 378 g/mol. The summed E-state index contributed by atoms with van der Waals surface area (Å²) in [4.78, 5) is 42.7. The summed E-state index contributed by atoms with van der Waals surface area (Å²) in [6.07, 6.45) is -0.291. The molecule has 0 saturated carbocycles. The molecule has 3 N–H and O–H groups in total. The molecule has 150 valence electrons. The number of nitrogen functional groups attached to an aromatic ring is 1. The maximum atomic E-state index is 13.4. The number of aromatic nitrogens is 1. The number of anilines is 1. The van der Waals surface area contributed by atoms with Gasteiger partial charge in [0.2, 0.25) is 5.91 Å². The van der Waals surface area contributed by atoms with Gasteiger partial charge in [0.25, 0.3) is 6.01 Å². The van der Waals surface area contributed by atoms with Crippen LogP contribution in [-0.2, 0) is 29.3 Å². The summed E-state index contributed by atoms with van der Waals surface area (Å²) >= 11 is 0. The lowest BCUT2D eigenvalue weighted by Crippen LogP contribution is -2.40. The van der Waals surface area contributed by atoms with Crippen molar-refractivity contribution in [1.29, 1.82) is 0 Å². The molecule has 9 nitrogen and oxygen atoms in total. The summed E-state index contributed by atoms with van der Waals surface area (Å²) in [7, 11) is 0. The first kappa shape index (κ1) is 18.7. The zero-order chi connectivity index (χ0) is 20.8. The van der Waals surface area contributed by atoms with Crippen LogP contribution in [0, 0.1) is 0 Å². The Morgan fingerprint density at radius 2 is 1.93 bits per heavy atom. The van der Waals surface area contributed by atoms with Crippen molar-refractivity contribution in [2.45, 2.75) is 25.7 Å². The largest absolute Gasteiger partial charge is 0.466 e. The Bertz CT molecular complexity index is 1070. The average molecular weight is 397 g/mol. The molecule has 4 rings (SSSR count). The minimum absolute atomic E-state index is 0.00287. The van der Waals surface area contributed by atoms with Gasteiger partial charge >= 0.3 is 11.9 Å². The number of hydrogen-bond acceptors (Lipinski definition) is 8. The third kappa shape index (κ3) is 2.54. The molecule has 0 radical (unpaired) electrons. The fourth-order valence-electron chi connectivity index (χ4n) is 3.99. The Balaban J connectivity index is 1.99. The molecule has 2 heterocycles. The summed E-state index contributed by atoms with van der Waals surface area (Å²) < 4.78 is 15.8. The van der Waals surface area contributed by atoms with E-state index in [-0.39, 0.29) is 42.6 Å². The van der Waals surface area contributed by atoms with Crippen molar-refractivity contribution in [1.82, 2.24) is 10.3 Å². The monoisotopic (exact) mass is 397 g/mol. The highest BCUT2D eigenvalue weighted by Gasteiger charge is 2.62. The quantitative estimate of drug-likeness (QED) is 0.724. The highest BCUT2D eigenvalue weighted by molar-refractivity contribution is 6.14. The molecular formula is C20H19N3O6. The second-order valence-corrected chi connectivity index (χ2v) is 6.54. The minimum Gasteiger partial charge on any atom is -0.466 e. The normalized spacial score (nSPS) is 19.2. The third-order valence-electron chi connectivity index (χ3n) is 4.96. The number of carbonyl (C=O) groups excluding carboxylic acids is 3. The summed E-state index contributed by atoms with van der Waals surface area (Å²) in [5.74, 6) is -1.52. The molecule has 1 aromatic heterocycles. The first-order chi connectivity index (χ1) is 13.9. The molecule has 1 aliphatic carbocycles. The van der Waals surface area contributed by atoms with Gasteiger partial charge < -0.3 is 24.9 Å². The second-order valence-electron chi connectivity index (χ2n) is 6.54.